The zero-order valence-corrected chi connectivity index (χ0v) is 12.1. The molecule has 0 aromatic rings. The lowest BCUT2D eigenvalue weighted by Gasteiger charge is -2.30. The summed E-state index contributed by atoms with van der Waals surface area (Å²) in [5.41, 5.74) is 0.543. The van der Waals surface area contributed by atoms with E-state index in [0.717, 1.165) is 17.9 Å². The van der Waals surface area contributed by atoms with Crippen LogP contribution in [0.15, 0.2) is 0 Å². The number of nitrogens with one attached hydrogen (secondary N) is 1. The van der Waals surface area contributed by atoms with Crippen LogP contribution in [0.5, 0.6) is 0 Å². The molecule has 2 aliphatic rings. The molecule has 1 N–H and O–H groups in total. The summed E-state index contributed by atoms with van der Waals surface area (Å²) in [5.74, 6) is 2.01. The lowest BCUT2D eigenvalue weighted by Crippen LogP contribution is -2.38. The molecule has 1 heteroatoms. The van der Waals surface area contributed by atoms with Gasteiger partial charge in [0.15, 0.2) is 0 Å². The molecule has 2 fully saturated rings. The highest BCUT2D eigenvalue weighted by Gasteiger charge is 2.33. The van der Waals surface area contributed by atoms with Crippen molar-refractivity contribution in [2.45, 2.75) is 78.2 Å². The SMILES string of the molecule is CC1CCC(CCNC2CCCC2(C)C)CC1. The zero-order valence-electron chi connectivity index (χ0n) is 12.1. The molecule has 0 heterocycles. The molecule has 1 atom stereocenters. The maximum Gasteiger partial charge on any atom is 0.0118 e. The van der Waals surface area contributed by atoms with E-state index in [-0.39, 0.29) is 0 Å². The van der Waals surface area contributed by atoms with Gasteiger partial charge in [-0.3, -0.25) is 0 Å². The van der Waals surface area contributed by atoms with Gasteiger partial charge in [-0.2, -0.15) is 0 Å². The highest BCUT2D eigenvalue weighted by atomic mass is 14.9. The van der Waals surface area contributed by atoms with Crippen molar-refractivity contribution in [3.63, 3.8) is 0 Å². The van der Waals surface area contributed by atoms with Gasteiger partial charge in [0.2, 0.25) is 0 Å². The van der Waals surface area contributed by atoms with Crippen LogP contribution in [-0.2, 0) is 0 Å². The molecule has 17 heavy (non-hydrogen) atoms. The quantitative estimate of drug-likeness (QED) is 0.765. The average Bonchev–Trinajstić information content (AvgIpc) is 2.61. The van der Waals surface area contributed by atoms with Gasteiger partial charge in [-0.1, -0.05) is 52.9 Å². The first-order chi connectivity index (χ1) is 8.08. The minimum Gasteiger partial charge on any atom is -0.313 e. The van der Waals surface area contributed by atoms with E-state index in [2.05, 4.69) is 26.1 Å². The van der Waals surface area contributed by atoms with Crippen molar-refractivity contribution in [2.24, 2.45) is 17.3 Å². The molecular weight excluding hydrogens is 206 g/mol. The van der Waals surface area contributed by atoms with E-state index in [1.165, 1.54) is 57.9 Å². The van der Waals surface area contributed by atoms with Gasteiger partial charge < -0.3 is 5.32 Å². The van der Waals surface area contributed by atoms with Crippen molar-refractivity contribution in [1.29, 1.82) is 0 Å². The number of hydrogen-bond acceptors (Lipinski definition) is 1. The van der Waals surface area contributed by atoms with Gasteiger partial charge >= 0.3 is 0 Å². The van der Waals surface area contributed by atoms with Gasteiger partial charge in [0.05, 0.1) is 0 Å². The normalized spacial score (nSPS) is 37.2. The van der Waals surface area contributed by atoms with E-state index in [1.807, 2.05) is 0 Å². The third-order valence-electron chi connectivity index (χ3n) is 5.34. The van der Waals surface area contributed by atoms with Crippen molar-refractivity contribution >= 4 is 0 Å². The van der Waals surface area contributed by atoms with E-state index in [9.17, 15) is 0 Å². The predicted molar refractivity (Wildman–Crippen MR) is 75.2 cm³/mol. The maximum absolute atomic E-state index is 3.83. The van der Waals surface area contributed by atoms with Crippen molar-refractivity contribution in [3.8, 4) is 0 Å². The molecule has 2 aliphatic carbocycles. The Kier molecular flexibility index (Phi) is 4.52. The predicted octanol–water partition coefficient (Wildman–Crippen LogP) is 4.37. The Morgan fingerprint density at radius 3 is 2.35 bits per heavy atom. The molecule has 0 aliphatic heterocycles. The largest absolute Gasteiger partial charge is 0.313 e. The molecule has 2 saturated carbocycles. The van der Waals surface area contributed by atoms with Gasteiger partial charge in [0, 0.05) is 6.04 Å². The molecule has 0 saturated heterocycles. The molecule has 0 aromatic carbocycles. The van der Waals surface area contributed by atoms with Crippen molar-refractivity contribution < 1.29 is 0 Å². The van der Waals surface area contributed by atoms with Gasteiger partial charge in [-0.15, -0.1) is 0 Å². The fourth-order valence-corrected chi connectivity index (χ4v) is 3.78. The molecule has 2 rings (SSSR count). The first-order valence-corrected chi connectivity index (χ1v) is 7.81. The smallest absolute Gasteiger partial charge is 0.0118 e. The Labute approximate surface area is 108 Å². The molecular formula is C16H31N. The molecule has 1 nitrogen and oxygen atoms in total. The van der Waals surface area contributed by atoms with Crippen LogP contribution in [0.2, 0.25) is 0 Å². The lowest BCUT2D eigenvalue weighted by molar-refractivity contribution is 0.250. The third-order valence-corrected chi connectivity index (χ3v) is 5.34. The second-order valence-corrected chi connectivity index (χ2v) is 7.30. The third kappa shape index (κ3) is 3.71. The summed E-state index contributed by atoms with van der Waals surface area (Å²) in [4.78, 5) is 0. The van der Waals surface area contributed by atoms with Crippen molar-refractivity contribution in [1.82, 2.24) is 5.32 Å². The van der Waals surface area contributed by atoms with E-state index in [1.54, 1.807) is 0 Å². The van der Waals surface area contributed by atoms with E-state index >= 15 is 0 Å². The van der Waals surface area contributed by atoms with Crippen LogP contribution < -0.4 is 5.32 Å². The van der Waals surface area contributed by atoms with Crippen LogP contribution >= 0.6 is 0 Å². The fraction of sp³-hybridized carbons (Fsp3) is 1.00. The highest BCUT2D eigenvalue weighted by molar-refractivity contribution is 4.90. The van der Waals surface area contributed by atoms with E-state index < -0.39 is 0 Å². The minimum atomic E-state index is 0.543. The molecule has 0 radical (unpaired) electrons. The highest BCUT2D eigenvalue weighted by Crippen LogP contribution is 2.37. The van der Waals surface area contributed by atoms with Crippen LogP contribution in [-0.4, -0.2) is 12.6 Å². The summed E-state index contributed by atoms with van der Waals surface area (Å²) in [6.07, 6.45) is 11.6. The Bertz CT molecular complexity index is 226. The van der Waals surface area contributed by atoms with Crippen LogP contribution in [0.4, 0.5) is 0 Å². The van der Waals surface area contributed by atoms with E-state index in [0.29, 0.717) is 5.41 Å². The average molecular weight is 237 g/mol. The lowest BCUT2D eigenvalue weighted by atomic mass is 9.81. The summed E-state index contributed by atoms with van der Waals surface area (Å²) >= 11 is 0. The summed E-state index contributed by atoms with van der Waals surface area (Å²) in [7, 11) is 0. The number of rotatable bonds is 4. The van der Waals surface area contributed by atoms with Gasteiger partial charge in [0.1, 0.15) is 0 Å². The topological polar surface area (TPSA) is 12.0 Å². The van der Waals surface area contributed by atoms with Gasteiger partial charge in [-0.25, -0.2) is 0 Å². The van der Waals surface area contributed by atoms with Crippen LogP contribution in [0, 0.1) is 17.3 Å². The molecule has 0 bridgehead atoms. The Balaban J connectivity index is 1.63. The Hall–Kier alpha value is -0.0400. The van der Waals surface area contributed by atoms with Gasteiger partial charge in [-0.05, 0) is 43.1 Å². The van der Waals surface area contributed by atoms with Crippen LogP contribution in [0.1, 0.15) is 72.1 Å². The summed E-state index contributed by atoms with van der Waals surface area (Å²) in [6, 6.07) is 0.782. The first kappa shape index (κ1) is 13.4. The molecule has 100 valence electrons. The number of hydrogen-bond donors (Lipinski definition) is 1. The summed E-state index contributed by atoms with van der Waals surface area (Å²) < 4.78 is 0. The summed E-state index contributed by atoms with van der Waals surface area (Å²) in [6.45, 7) is 8.53. The standard InChI is InChI=1S/C16H31N/c1-13-6-8-14(9-7-13)10-12-17-15-5-4-11-16(15,2)3/h13-15,17H,4-12H2,1-3H3. The Morgan fingerprint density at radius 1 is 1.06 bits per heavy atom. The maximum atomic E-state index is 3.83. The van der Waals surface area contributed by atoms with Crippen LogP contribution in [0.25, 0.3) is 0 Å². The fourth-order valence-electron chi connectivity index (χ4n) is 3.78. The first-order valence-electron chi connectivity index (χ1n) is 7.81. The zero-order chi connectivity index (χ0) is 12.3. The van der Waals surface area contributed by atoms with Crippen molar-refractivity contribution in [2.75, 3.05) is 6.54 Å². The van der Waals surface area contributed by atoms with Gasteiger partial charge in [0.25, 0.3) is 0 Å². The monoisotopic (exact) mass is 237 g/mol. The molecule has 0 spiro atoms. The van der Waals surface area contributed by atoms with Crippen molar-refractivity contribution in [3.05, 3.63) is 0 Å². The summed E-state index contributed by atoms with van der Waals surface area (Å²) in [5, 5.41) is 3.83. The molecule has 1 unspecified atom stereocenters. The second-order valence-electron chi connectivity index (χ2n) is 7.30. The Morgan fingerprint density at radius 2 is 1.76 bits per heavy atom. The van der Waals surface area contributed by atoms with Crippen LogP contribution in [0.3, 0.4) is 0 Å². The second kappa shape index (κ2) is 5.73. The molecule has 0 amide bonds. The van der Waals surface area contributed by atoms with E-state index in [4.69, 9.17) is 0 Å². The minimum absolute atomic E-state index is 0.543. The molecule has 0 aromatic heterocycles.